The minimum Gasteiger partial charge on any atom is -0.484 e. The van der Waals surface area contributed by atoms with Crippen LogP contribution in [0.25, 0.3) is 11.4 Å². The number of benzene rings is 2. The quantitative estimate of drug-likeness (QED) is 0.331. The Morgan fingerprint density at radius 1 is 1.02 bits per heavy atom. The number of hydrogen-bond donors (Lipinski definition) is 3. The maximum atomic E-state index is 13.8. The number of ether oxygens (including phenoxy) is 3. The van der Waals surface area contributed by atoms with Crippen molar-refractivity contribution < 1.29 is 33.4 Å². The number of nitrogens with one attached hydrogen (secondary N) is 3. The Bertz CT molecular complexity index is 1450. The van der Waals surface area contributed by atoms with Crippen LogP contribution >= 0.6 is 0 Å². The van der Waals surface area contributed by atoms with E-state index in [-0.39, 0.29) is 50.5 Å². The normalized spacial score (nSPS) is 18.6. The summed E-state index contributed by atoms with van der Waals surface area (Å²) in [4.78, 5) is 58.7. The number of aromatic nitrogens is 3. The fourth-order valence-electron chi connectivity index (χ4n) is 5.34. The molecule has 1 aromatic heterocycles. The second-order valence-corrected chi connectivity index (χ2v) is 11.1. The molecule has 1 atom stereocenters. The number of H-pyrrole nitrogens is 1. The molecular weight excluding hydrogens is 592 g/mol. The minimum absolute atomic E-state index is 0.0552. The Balaban J connectivity index is 1.56. The third-order valence-electron chi connectivity index (χ3n) is 7.83. The van der Waals surface area contributed by atoms with E-state index in [1.54, 1.807) is 49.3 Å². The first-order valence-electron chi connectivity index (χ1n) is 15.5. The van der Waals surface area contributed by atoms with Gasteiger partial charge in [0, 0.05) is 51.9 Å². The molecule has 0 radical (unpaired) electrons. The molecule has 2 aliphatic rings. The Labute approximate surface area is 268 Å². The molecule has 2 aromatic carbocycles. The third kappa shape index (κ3) is 9.36. The van der Waals surface area contributed by atoms with E-state index in [1.807, 2.05) is 18.2 Å². The number of amides is 3. The van der Waals surface area contributed by atoms with E-state index in [0.29, 0.717) is 68.0 Å². The van der Waals surface area contributed by atoms with Gasteiger partial charge in [-0.3, -0.25) is 24.3 Å². The van der Waals surface area contributed by atoms with E-state index >= 15 is 0 Å². The number of carbonyl (C=O) groups is 4. The van der Waals surface area contributed by atoms with Crippen molar-refractivity contribution in [2.24, 2.45) is 5.41 Å². The van der Waals surface area contributed by atoms with Crippen LogP contribution in [0.1, 0.15) is 48.5 Å². The summed E-state index contributed by atoms with van der Waals surface area (Å²) in [7, 11) is 1.56. The molecule has 0 aliphatic carbocycles. The van der Waals surface area contributed by atoms with Crippen LogP contribution in [-0.2, 0) is 30.3 Å². The van der Waals surface area contributed by atoms with Gasteiger partial charge in [-0.25, -0.2) is 4.98 Å². The van der Waals surface area contributed by atoms with Gasteiger partial charge in [-0.15, -0.1) is 0 Å². The van der Waals surface area contributed by atoms with Crippen molar-refractivity contribution in [2.75, 3.05) is 53.1 Å². The van der Waals surface area contributed by atoms with Gasteiger partial charge in [0.05, 0.1) is 17.6 Å². The van der Waals surface area contributed by atoms with Crippen molar-refractivity contribution in [1.29, 1.82) is 0 Å². The SMILES string of the molecule is CCOC(=O)C1(CCOC)CNC(=O)CCCN(C(=O)c2ccccc2-c2ncn[nH]2)CCCNC(=O)COc2ccc(cc2)C1. The highest BCUT2D eigenvalue weighted by Crippen LogP contribution is 2.30. The van der Waals surface area contributed by atoms with Crippen molar-refractivity contribution in [3.63, 3.8) is 0 Å². The van der Waals surface area contributed by atoms with Crippen LogP contribution in [-0.4, -0.2) is 96.9 Å². The standard InChI is InChI=1S/C33H42N6O7/c1-3-45-32(43)33(15-19-44-2)20-24-11-13-25(14-12-24)46-21-29(41)34-16-7-18-39(17-6-10-28(40)35-22-33)31(42)27-9-5-4-8-26(27)30-36-23-37-38-30/h4-5,8-9,11-14,23H,3,6-7,10,15-22H2,1-2H3,(H,34,41)(H,35,40)(H,36,37,38). The van der Waals surface area contributed by atoms with Crippen LogP contribution in [0.4, 0.5) is 0 Å². The predicted octanol–water partition coefficient (Wildman–Crippen LogP) is 2.54. The van der Waals surface area contributed by atoms with Gasteiger partial charge in [0.15, 0.2) is 12.4 Å². The van der Waals surface area contributed by atoms with Crippen LogP contribution in [0.2, 0.25) is 0 Å². The van der Waals surface area contributed by atoms with E-state index in [4.69, 9.17) is 14.2 Å². The topological polar surface area (TPSA) is 165 Å². The van der Waals surface area contributed by atoms with Gasteiger partial charge in [0.1, 0.15) is 12.1 Å². The zero-order valence-electron chi connectivity index (χ0n) is 26.4. The summed E-state index contributed by atoms with van der Waals surface area (Å²) in [6.07, 6.45) is 3.01. The summed E-state index contributed by atoms with van der Waals surface area (Å²) in [5.74, 6) is -0.212. The molecule has 1 unspecified atom stereocenters. The number of carbonyl (C=O) groups excluding carboxylic acids is 4. The number of fused-ring (bicyclic) bond motifs is 17. The van der Waals surface area contributed by atoms with Crippen molar-refractivity contribution in [3.05, 3.63) is 66.0 Å². The number of nitrogens with zero attached hydrogens (tertiary/aromatic N) is 3. The summed E-state index contributed by atoms with van der Waals surface area (Å²) >= 11 is 0. The summed E-state index contributed by atoms with van der Waals surface area (Å²) in [6, 6.07) is 14.3. The summed E-state index contributed by atoms with van der Waals surface area (Å²) < 4.78 is 16.5. The molecule has 0 spiro atoms. The van der Waals surface area contributed by atoms with Crippen LogP contribution in [0.3, 0.4) is 0 Å². The monoisotopic (exact) mass is 634 g/mol. The lowest BCUT2D eigenvalue weighted by atomic mass is 9.78. The fourth-order valence-corrected chi connectivity index (χ4v) is 5.34. The van der Waals surface area contributed by atoms with Crippen molar-refractivity contribution in [2.45, 2.75) is 39.0 Å². The number of hydrogen-bond acceptors (Lipinski definition) is 9. The lowest BCUT2D eigenvalue weighted by Gasteiger charge is -2.32. The molecular formula is C33H42N6O7. The first kappa shape index (κ1) is 34.1. The van der Waals surface area contributed by atoms with E-state index in [2.05, 4.69) is 25.8 Å². The predicted molar refractivity (Wildman–Crippen MR) is 169 cm³/mol. The summed E-state index contributed by atoms with van der Waals surface area (Å²) in [5.41, 5.74) is 0.818. The molecule has 2 aliphatic heterocycles. The van der Waals surface area contributed by atoms with E-state index < -0.39 is 11.4 Å². The third-order valence-corrected chi connectivity index (χ3v) is 7.83. The minimum atomic E-state index is -1.07. The van der Waals surface area contributed by atoms with Gasteiger partial charge >= 0.3 is 5.97 Å². The molecule has 3 heterocycles. The fraction of sp³-hybridized carbons (Fsp3) is 0.455. The molecule has 13 heteroatoms. The molecule has 246 valence electrons. The van der Waals surface area contributed by atoms with Gasteiger partial charge < -0.3 is 29.7 Å². The van der Waals surface area contributed by atoms with Gasteiger partial charge in [-0.1, -0.05) is 30.3 Å². The van der Waals surface area contributed by atoms with Crippen LogP contribution in [0.15, 0.2) is 54.9 Å². The van der Waals surface area contributed by atoms with E-state index in [1.165, 1.54) is 6.33 Å². The highest BCUT2D eigenvalue weighted by molar-refractivity contribution is 6.00. The number of aromatic amines is 1. The maximum Gasteiger partial charge on any atom is 0.314 e. The molecule has 5 rings (SSSR count). The maximum absolute atomic E-state index is 13.8. The van der Waals surface area contributed by atoms with Crippen LogP contribution < -0.4 is 15.4 Å². The Morgan fingerprint density at radius 2 is 1.80 bits per heavy atom. The van der Waals surface area contributed by atoms with Crippen LogP contribution in [0.5, 0.6) is 5.75 Å². The van der Waals surface area contributed by atoms with Gasteiger partial charge in [0.2, 0.25) is 5.91 Å². The van der Waals surface area contributed by atoms with Crippen LogP contribution in [0, 0.1) is 5.41 Å². The zero-order chi connectivity index (χ0) is 32.8. The lowest BCUT2D eigenvalue weighted by Crippen LogP contribution is -2.46. The number of esters is 1. The number of methoxy groups -OCH3 is 1. The average Bonchev–Trinajstić information content (AvgIpc) is 3.61. The molecule has 46 heavy (non-hydrogen) atoms. The van der Waals surface area contributed by atoms with Gasteiger partial charge in [-0.05, 0) is 56.4 Å². The second-order valence-electron chi connectivity index (χ2n) is 11.1. The molecule has 3 N–H and O–H groups in total. The van der Waals surface area contributed by atoms with Crippen molar-refractivity contribution >= 4 is 23.7 Å². The van der Waals surface area contributed by atoms with Gasteiger partial charge in [-0.2, -0.15) is 5.10 Å². The molecule has 2 bridgehead atoms. The van der Waals surface area contributed by atoms with E-state index in [0.717, 1.165) is 5.56 Å². The second kappa shape index (κ2) is 17.1. The Kier molecular flexibility index (Phi) is 12.6. The summed E-state index contributed by atoms with van der Waals surface area (Å²) in [5, 5.41) is 12.5. The highest BCUT2D eigenvalue weighted by Gasteiger charge is 2.40. The molecule has 0 saturated carbocycles. The first-order valence-corrected chi connectivity index (χ1v) is 15.5. The van der Waals surface area contributed by atoms with E-state index in [9.17, 15) is 19.2 Å². The summed E-state index contributed by atoms with van der Waals surface area (Å²) in [6.45, 7) is 3.10. The molecule has 0 saturated heterocycles. The Hall–Kier alpha value is -4.78. The largest absolute Gasteiger partial charge is 0.484 e. The van der Waals surface area contributed by atoms with Crippen molar-refractivity contribution in [1.82, 2.24) is 30.7 Å². The smallest absolute Gasteiger partial charge is 0.314 e. The molecule has 3 amide bonds. The Morgan fingerprint density at radius 3 is 2.54 bits per heavy atom. The number of rotatable bonds is 7. The zero-order valence-corrected chi connectivity index (χ0v) is 26.4. The molecule has 3 aromatic rings. The van der Waals surface area contributed by atoms with Gasteiger partial charge in [0.25, 0.3) is 11.8 Å². The average molecular weight is 635 g/mol. The molecule has 0 fully saturated rings. The molecule has 13 nitrogen and oxygen atoms in total. The first-order chi connectivity index (χ1) is 22.3. The highest BCUT2D eigenvalue weighted by atomic mass is 16.5. The van der Waals surface area contributed by atoms with Crippen molar-refractivity contribution in [3.8, 4) is 17.1 Å². The lowest BCUT2D eigenvalue weighted by molar-refractivity contribution is -0.156.